The maximum Gasteiger partial charge on any atom is 0.224 e. The van der Waals surface area contributed by atoms with E-state index < -0.39 is 5.79 Å². The lowest BCUT2D eigenvalue weighted by molar-refractivity contribution is -0.144. The fourth-order valence-corrected chi connectivity index (χ4v) is 2.07. The van der Waals surface area contributed by atoms with Crippen LogP contribution in [0.25, 0.3) is 0 Å². The molecule has 0 saturated carbocycles. The van der Waals surface area contributed by atoms with Gasteiger partial charge in [0.25, 0.3) is 0 Å². The minimum atomic E-state index is -0.598. The Morgan fingerprint density at radius 2 is 2.17 bits per heavy atom. The number of nitrogens with two attached hydrogens (primary N) is 1. The zero-order chi connectivity index (χ0) is 13.2. The number of nitrogens with zero attached hydrogens (tertiary/aromatic N) is 2. The van der Waals surface area contributed by atoms with E-state index in [9.17, 15) is 0 Å². The Morgan fingerprint density at radius 1 is 1.44 bits per heavy atom. The van der Waals surface area contributed by atoms with Crippen molar-refractivity contribution in [1.82, 2.24) is 9.97 Å². The van der Waals surface area contributed by atoms with Crippen molar-refractivity contribution in [1.29, 1.82) is 0 Å². The predicted octanol–water partition coefficient (Wildman–Crippen LogP) is 1.02. The van der Waals surface area contributed by atoms with Gasteiger partial charge in [0.15, 0.2) is 5.79 Å². The quantitative estimate of drug-likeness (QED) is 0.797. The third kappa shape index (κ3) is 3.29. The lowest BCUT2D eigenvalue weighted by Crippen LogP contribution is -2.35. The molecule has 2 heterocycles. The van der Waals surface area contributed by atoms with Gasteiger partial charge in [-0.05, 0) is 31.5 Å². The molecular weight excluding hydrogens is 256 g/mol. The largest absolute Gasteiger partial charge is 0.367 e. The van der Waals surface area contributed by atoms with E-state index in [-0.39, 0.29) is 17.5 Å². The van der Waals surface area contributed by atoms with Crippen LogP contribution in [0.3, 0.4) is 0 Å². The van der Waals surface area contributed by atoms with Crippen LogP contribution in [0.5, 0.6) is 0 Å². The van der Waals surface area contributed by atoms with Crippen LogP contribution in [0, 0.1) is 0 Å². The second-order valence-electron chi connectivity index (χ2n) is 4.54. The van der Waals surface area contributed by atoms with Crippen LogP contribution in [0.15, 0.2) is 12.3 Å². The number of nitrogens with one attached hydrogen (secondary N) is 1. The van der Waals surface area contributed by atoms with Gasteiger partial charge in [-0.2, -0.15) is 0 Å². The van der Waals surface area contributed by atoms with E-state index in [2.05, 4.69) is 15.3 Å². The van der Waals surface area contributed by atoms with E-state index in [1.54, 1.807) is 12.3 Å². The minimum absolute atomic E-state index is 0.112. The second kappa shape index (κ2) is 5.36. The van der Waals surface area contributed by atoms with E-state index in [4.69, 9.17) is 26.8 Å². The number of aromatic nitrogens is 2. The molecule has 1 saturated heterocycles. The first-order chi connectivity index (χ1) is 8.50. The molecule has 0 spiro atoms. The summed E-state index contributed by atoms with van der Waals surface area (Å²) < 4.78 is 11.4. The van der Waals surface area contributed by atoms with Gasteiger partial charge in [0.1, 0.15) is 18.0 Å². The molecule has 6 nitrogen and oxygen atoms in total. The van der Waals surface area contributed by atoms with Gasteiger partial charge in [-0.25, -0.2) is 9.97 Å². The third-order valence-electron chi connectivity index (χ3n) is 2.63. The Bertz CT molecular complexity index is 416. The number of anilines is 1. The first-order valence-electron chi connectivity index (χ1n) is 5.78. The van der Waals surface area contributed by atoms with E-state index in [0.29, 0.717) is 18.9 Å². The molecule has 18 heavy (non-hydrogen) atoms. The standard InChI is InChI=1S/C11H17ClN4O2/c1-11(2)17-7(5-13)8(18-11)6-15-9-3-4-14-10(12)16-9/h3-4,7-8H,5-6,13H2,1-2H3,(H,14,15,16)/t7-,8?/m0/s1. The van der Waals surface area contributed by atoms with Crippen molar-refractivity contribution in [3.63, 3.8) is 0 Å². The molecule has 0 aromatic carbocycles. The molecule has 1 aromatic heterocycles. The molecule has 3 N–H and O–H groups in total. The van der Waals surface area contributed by atoms with Gasteiger partial charge < -0.3 is 20.5 Å². The molecule has 0 radical (unpaired) electrons. The van der Waals surface area contributed by atoms with Gasteiger partial charge in [0, 0.05) is 19.3 Å². The van der Waals surface area contributed by atoms with Crippen molar-refractivity contribution in [2.45, 2.75) is 31.8 Å². The van der Waals surface area contributed by atoms with Gasteiger partial charge in [0.2, 0.25) is 5.28 Å². The first kappa shape index (κ1) is 13.5. The SMILES string of the molecule is CC1(C)OC(CNc2ccnc(Cl)n2)[C@H](CN)O1. The molecule has 7 heteroatoms. The Balaban J connectivity index is 1.93. The molecule has 0 aliphatic carbocycles. The maximum absolute atomic E-state index is 5.76. The lowest BCUT2D eigenvalue weighted by Gasteiger charge is -2.17. The summed E-state index contributed by atoms with van der Waals surface area (Å²) in [7, 11) is 0. The van der Waals surface area contributed by atoms with Gasteiger partial charge >= 0.3 is 0 Å². The van der Waals surface area contributed by atoms with Crippen molar-refractivity contribution in [3.8, 4) is 0 Å². The Labute approximate surface area is 111 Å². The fraction of sp³-hybridized carbons (Fsp3) is 0.636. The van der Waals surface area contributed by atoms with E-state index in [1.165, 1.54) is 0 Å². The summed E-state index contributed by atoms with van der Waals surface area (Å²) in [6.45, 7) is 4.72. The summed E-state index contributed by atoms with van der Waals surface area (Å²) in [5.41, 5.74) is 5.66. The van der Waals surface area contributed by atoms with Crippen molar-refractivity contribution in [2.24, 2.45) is 5.73 Å². The number of ether oxygens (including phenoxy) is 2. The highest BCUT2D eigenvalue weighted by Crippen LogP contribution is 2.27. The van der Waals surface area contributed by atoms with E-state index in [1.807, 2.05) is 13.8 Å². The zero-order valence-electron chi connectivity index (χ0n) is 10.4. The van der Waals surface area contributed by atoms with Crippen molar-refractivity contribution < 1.29 is 9.47 Å². The summed E-state index contributed by atoms with van der Waals surface area (Å²) in [5, 5.41) is 3.34. The average Bonchev–Trinajstić information content (AvgIpc) is 2.61. The molecule has 0 bridgehead atoms. The van der Waals surface area contributed by atoms with Gasteiger partial charge in [-0.15, -0.1) is 0 Å². The van der Waals surface area contributed by atoms with Gasteiger partial charge in [-0.3, -0.25) is 0 Å². The van der Waals surface area contributed by atoms with E-state index in [0.717, 1.165) is 0 Å². The minimum Gasteiger partial charge on any atom is -0.367 e. The van der Waals surface area contributed by atoms with Crippen LogP contribution < -0.4 is 11.1 Å². The smallest absolute Gasteiger partial charge is 0.224 e. The highest BCUT2D eigenvalue weighted by Gasteiger charge is 2.40. The highest BCUT2D eigenvalue weighted by atomic mass is 35.5. The predicted molar refractivity (Wildman–Crippen MR) is 68.4 cm³/mol. The molecule has 100 valence electrons. The summed E-state index contributed by atoms with van der Waals surface area (Å²) >= 11 is 5.70. The van der Waals surface area contributed by atoms with E-state index >= 15 is 0 Å². The summed E-state index contributed by atoms with van der Waals surface area (Å²) in [6, 6.07) is 1.74. The molecule has 1 aromatic rings. The highest BCUT2D eigenvalue weighted by molar-refractivity contribution is 6.28. The van der Waals surface area contributed by atoms with Crippen LogP contribution in [0.4, 0.5) is 5.82 Å². The third-order valence-corrected chi connectivity index (χ3v) is 2.81. The Morgan fingerprint density at radius 3 is 2.83 bits per heavy atom. The van der Waals surface area contributed by atoms with Crippen LogP contribution in [0.2, 0.25) is 5.28 Å². The number of halogens is 1. The Kier molecular flexibility index (Phi) is 4.01. The summed E-state index contributed by atoms with van der Waals surface area (Å²) in [4.78, 5) is 7.85. The maximum atomic E-state index is 5.76. The molecule has 2 atom stereocenters. The molecular formula is C11H17ClN4O2. The van der Waals surface area contributed by atoms with Crippen molar-refractivity contribution in [3.05, 3.63) is 17.5 Å². The zero-order valence-corrected chi connectivity index (χ0v) is 11.1. The van der Waals surface area contributed by atoms with Crippen LogP contribution >= 0.6 is 11.6 Å². The Hall–Kier alpha value is -0.950. The van der Waals surface area contributed by atoms with Crippen LogP contribution in [-0.4, -0.2) is 41.1 Å². The monoisotopic (exact) mass is 272 g/mol. The normalized spacial score (nSPS) is 26.2. The summed E-state index contributed by atoms with van der Waals surface area (Å²) in [5.74, 6) is 0.0544. The second-order valence-corrected chi connectivity index (χ2v) is 4.88. The molecule has 1 fully saturated rings. The first-order valence-corrected chi connectivity index (χ1v) is 6.16. The molecule has 2 rings (SSSR count). The van der Waals surface area contributed by atoms with Crippen molar-refractivity contribution >= 4 is 17.4 Å². The van der Waals surface area contributed by atoms with Gasteiger partial charge in [-0.1, -0.05) is 0 Å². The van der Waals surface area contributed by atoms with Crippen LogP contribution in [-0.2, 0) is 9.47 Å². The topological polar surface area (TPSA) is 82.3 Å². The lowest BCUT2D eigenvalue weighted by atomic mass is 10.2. The number of hydrogen-bond acceptors (Lipinski definition) is 6. The molecule has 1 aliphatic rings. The van der Waals surface area contributed by atoms with Crippen molar-refractivity contribution in [2.75, 3.05) is 18.4 Å². The number of rotatable bonds is 4. The number of hydrogen-bond donors (Lipinski definition) is 2. The molecule has 1 unspecified atom stereocenters. The molecule has 0 amide bonds. The fourth-order valence-electron chi connectivity index (χ4n) is 1.92. The molecule has 1 aliphatic heterocycles. The summed E-state index contributed by atoms with van der Waals surface area (Å²) in [6.07, 6.45) is 1.36. The van der Waals surface area contributed by atoms with Crippen LogP contribution in [0.1, 0.15) is 13.8 Å². The average molecular weight is 273 g/mol. The van der Waals surface area contributed by atoms with Gasteiger partial charge in [0.05, 0.1) is 0 Å².